The summed E-state index contributed by atoms with van der Waals surface area (Å²) in [7, 11) is 3.08. The first-order valence-electron chi connectivity index (χ1n) is 5.51. The molecule has 1 heterocycles. The van der Waals surface area contributed by atoms with Gasteiger partial charge in [0.1, 0.15) is 17.4 Å². The molecule has 1 aromatic heterocycles. The minimum Gasteiger partial charge on any atom is -0.493 e. The van der Waals surface area contributed by atoms with E-state index in [0.717, 1.165) is 0 Å². The van der Waals surface area contributed by atoms with Crippen molar-refractivity contribution in [3.05, 3.63) is 24.0 Å². The largest absolute Gasteiger partial charge is 0.493 e. The van der Waals surface area contributed by atoms with Gasteiger partial charge in [-0.2, -0.15) is 0 Å². The molecule has 0 atom stereocenters. The molecule has 0 spiro atoms. The Labute approximate surface area is 104 Å². The molecule has 5 heteroatoms. The van der Waals surface area contributed by atoms with E-state index in [9.17, 15) is 4.79 Å². The van der Waals surface area contributed by atoms with Crippen molar-refractivity contribution in [2.24, 2.45) is 0 Å². The van der Waals surface area contributed by atoms with Crippen molar-refractivity contribution in [2.75, 3.05) is 20.8 Å². The second-order valence-corrected chi connectivity index (χ2v) is 3.57. The van der Waals surface area contributed by atoms with E-state index < -0.39 is 5.97 Å². The SMILES string of the molecule is CCOC(=O)c1coc2cc(OC)c(OC)cc12. The second kappa shape index (κ2) is 5.00. The summed E-state index contributed by atoms with van der Waals surface area (Å²) in [6.45, 7) is 2.07. The van der Waals surface area contributed by atoms with Crippen LogP contribution in [-0.4, -0.2) is 26.8 Å². The molecular formula is C13H14O5. The number of hydrogen-bond acceptors (Lipinski definition) is 5. The highest BCUT2D eigenvalue weighted by Gasteiger charge is 2.17. The number of methoxy groups -OCH3 is 2. The highest BCUT2D eigenvalue weighted by atomic mass is 16.5. The molecule has 0 saturated heterocycles. The van der Waals surface area contributed by atoms with Crippen molar-refractivity contribution in [1.29, 1.82) is 0 Å². The van der Waals surface area contributed by atoms with E-state index in [2.05, 4.69) is 0 Å². The zero-order chi connectivity index (χ0) is 13.1. The van der Waals surface area contributed by atoms with Gasteiger partial charge >= 0.3 is 5.97 Å². The van der Waals surface area contributed by atoms with Crippen molar-refractivity contribution >= 4 is 16.9 Å². The summed E-state index contributed by atoms with van der Waals surface area (Å²) in [6.07, 6.45) is 1.38. The molecule has 18 heavy (non-hydrogen) atoms. The van der Waals surface area contributed by atoms with Crippen LogP contribution in [0.2, 0.25) is 0 Å². The number of ether oxygens (including phenoxy) is 3. The molecule has 0 aliphatic rings. The van der Waals surface area contributed by atoms with Gasteiger partial charge in [-0.15, -0.1) is 0 Å². The monoisotopic (exact) mass is 250 g/mol. The van der Waals surface area contributed by atoms with Gasteiger partial charge in [0.25, 0.3) is 0 Å². The quantitative estimate of drug-likeness (QED) is 0.781. The van der Waals surface area contributed by atoms with Gasteiger partial charge in [0.05, 0.1) is 20.8 Å². The van der Waals surface area contributed by atoms with Crippen molar-refractivity contribution in [3.8, 4) is 11.5 Å². The number of rotatable bonds is 4. The topological polar surface area (TPSA) is 57.9 Å². The normalized spacial score (nSPS) is 10.4. The first-order valence-corrected chi connectivity index (χ1v) is 5.51. The molecule has 1 aromatic carbocycles. The number of hydrogen-bond donors (Lipinski definition) is 0. The summed E-state index contributed by atoms with van der Waals surface area (Å²) in [5.74, 6) is 0.676. The fourth-order valence-electron chi connectivity index (χ4n) is 1.72. The number of carbonyl (C=O) groups excluding carboxylic acids is 1. The van der Waals surface area contributed by atoms with E-state index in [1.165, 1.54) is 13.4 Å². The van der Waals surface area contributed by atoms with Crippen LogP contribution in [0.25, 0.3) is 11.0 Å². The maximum Gasteiger partial charge on any atom is 0.342 e. The van der Waals surface area contributed by atoms with E-state index in [0.29, 0.717) is 34.6 Å². The van der Waals surface area contributed by atoms with Gasteiger partial charge in [0, 0.05) is 11.5 Å². The fraction of sp³-hybridized carbons (Fsp3) is 0.308. The maximum absolute atomic E-state index is 11.7. The highest BCUT2D eigenvalue weighted by Crippen LogP contribution is 2.34. The highest BCUT2D eigenvalue weighted by molar-refractivity contribution is 6.04. The van der Waals surface area contributed by atoms with Crippen LogP contribution in [0.5, 0.6) is 11.5 Å². The van der Waals surface area contributed by atoms with Crippen molar-refractivity contribution < 1.29 is 23.4 Å². The number of carbonyl (C=O) groups is 1. The summed E-state index contributed by atoms with van der Waals surface area (Å²) in [4.78, 5) is 11.7. The molecule has 96 valence electrons. The number of benzene rings is 1. The lowest BCUT2D eigenvalue weighted by molar-refractivity contribution is 0.0527. The summed E-state index contributed by atoms with van der Waals surface area (Å²) in [5, 5.41) is 0.645. The Bertz CT molecular complexity index is 570. The van der Waals surface area contributed by atoms with E-state index in [1.807, 2.05) is 0 Å². The zero-order valence-electron chi connectivity index (χ0n) is 10.5. The van der Waals surface area contributed by atoms with Crippen molar-refractivity contribution in [3.63, 3.8) is 0 Å². The Morgan fingerprint density at radius 1 is 1.22 bits per heavy atom. The minimum absolute atomic E-state index is 0.318. The lowest BCUT2D eigenvalue weighted by Crippen LogP contribution is -2.03. The molecule has 0 radical (unpaired) electrons. The average molecular weight is 250 g/mol. The van der Waals surface area contributed by atoms with E-state index in [1.54, 1.807) is 26.2 Å². The van der Waals surface area contributed by atoms with E-state index >= 15 is 0 Å². The molecule has 2 aromatic rings. The van der Waals surface area contributed by atoms with E-state index in [-0.39, 0.29) is 0 Å². The second-order valence-electron chi connectivity index (χ2n) is 3.57. The summed E-state index contributed by atoms with van der Waals surface area (Å²) in [6, 6.07) is 3.38. The van der Waals surface area contributed by atoms with Gasteiger partial charge in [-0.05, 0) is 13.0 Å². The Hall–Kier alpha value is -2.17. The summed E-state index contributed by atoms with van der Waals surface area (Å²) >= 11 is 0. The third-order valence-electron chi connectivity index (χ3n) is 2.58. The molecule has 0 aliphatic carbocycles. The zero-order valence-corrected chi connectivity index (χ0v) is 10.5. The predicted molar refractivity (Wildman–Crippen MR) is 65.3 cm³/mol. The number of furan rings is 1. The van der Waals surface area contributed by atoms with Gasteiger partial charge in [-0.1, -0.05) is 0 Å². The van der Waals surface area contributed by atoms with Crippen LogP contribution in [0, 0.1) is 0 Å². The molecule has 5 nitrogen and oxygen atoms in total. The first kappa shape index (κ1) is 12.3. The molecule has 0 N–H and O–H groups in total. The Morgan fingerprint density at radius 2 is 1.89 bits per heavy atom. The molecular weight excluding hydrogens is 236 g/mol. The van der Waals surface area contributed by atoms with Crippen LogP contribution in [-0.2, 0) is 4.74 Å². The Balaban J connectivity index is 2.55. The molecule has 0 fully saturated rings. The third kappa shape index (κ3) is 1.99. The Morgan fingerprint density at radius 3 is 2.50 bits per heavy atom. The average Bonchev–Trinajstić information content (AvgIpc) is 2.79. The number of esters is 1. The molecule has 0 saturated carbocycles. The van der Waals surface area contributed by atoms with Crippen LogP contribution in [0.4, 0.5) is 0 Å². The van der Waals surface area contributed by atoms with Gasteiger partial charge in [0.15, 0.2) is 11.5 Å². The van der Waals surface area contributed by atoms with Crippen molar-refractivity contribution in [1.82, 2.24) is 0 Å². The van der Waals surface area contributed by atoms with Crippen LogP contribution in [0.3, 0.4) is 0 Å². The Kier molecular flexibility index (Phi) is 3.41. The third-order valence-corrected chi connectivity index (χ3v) is 2.58. The minimum atomic E-state index is -0.413. The first-order chi connectivity index (χ1) is 8.71. The van der Waals surface area contributed by atoms with Gasteiger partial charge in [0.2, 0.25) is 0 Å². The van der Waals surface area contributed by atoms with Gasteiger partial charge in [-0.3, -0.25) is 0 Å². The molecule has 0 aliphatic heterocycles. The number of fused-ring (bicyclic) bond motifs is 1. The summed E-state index contributed by atoms with van der Waals surface area (Å²) < 4.78 is 20.6. The van der Waals surface area contributed by atoms with Crippen LogP contribution in [0.15, 0.2) is 22.8 Å². The molecule has 2 rings (SSSR count). The van der Waals surface area contributed by atoms with Crippen LogP contribution in [0.1, 0.15) is 17.3 Å². The predicted octanol–water partition coefficient (Wildman–Crippen LogP) is 2.63. The maximum atomic E-state index is 11.7. The fourth-order valence-corrected chi connectivity index (χ4v) is 1.72. The lowest BCUT2D eigenvalue weighted by Gasteiger charge is -2.07. The molecule has 0 bridgehead atoms. The van der Waals surface area contributed by atoms with Crippen molar-refractivity contribution in [2.45, 2.75) is 6.92 Å². The van der Waals surface area contributed by atoms with E-state index in [4.69, 9.17) is 18.6 Å². The molecule has 0 amide bonds. The lowest BCUT2D eigenvalue weighted by atomic mass is 10.1. The summed E-state index contributed by atoms with van der Waals surface area (Å²) in [5.41, 5.74) is 0.934. The van der Waals surface area contributed by atoms with Crippen LogP contribution >= 0.6 is 0 Å². The standard InChI is InChI=1S/C13H14O5/c1-4-17-13(14)9-7-18-10-6-12(16-3)11(15-2)5-8(9)10/h5-7H,4H2,1-3H3. The smallest absolute Gasteiger partial charge is 0.342 e. The van der Waals surface area contributed by atoms with Crippen LogP contribution < -0.4 is 9.47 Å². The molecule has 0 unspecified atom stereocenters. The van der Waals surface area contributed by atoms with Gasteiger partial charge < -0.3 is 18.6 Å². The van der Waals surface area contributed by atoms with Gasteiger partial charge in [-0.25, -0.2) is 4.79 Å².